The van der Waals surface area contributed by atoms with Crippen molar-refractivity contribution in [3.63, 3.8) is 0 Å². The van der Waals surface area contributed by atoms with Gasteiger partial charge in [0.05, 0.1) is 0 Å². The lowest BCUT2D eigenvalue weighted by Crippen LogP contribution is -2.44. The minimum Gasteiger partial charge on any atom is -0.481 e. The standard InChI is InChI=1S/C20H27NO4/c22-18(23)14-16-6-8-20(9-7-16)10-12-21(13-11-20)19(24)25-15-17-4-2-1-3-5-17/h1-5,16H,6-15H2,(H,22,23). The number of carbonyl (C=O) groups excluding carboxylic acids is 1. The molecule has 0 atom stereocenters. The van der Waals surface area contributed by atoms with Crippen molar-refractivity contribution in [1.82, 2.24) is 4.90 Å². The summed E-state index contributed by atoms with van der Waals surface area (Å²) < 4.78 is 5.43. The molecule has 0 bridgehead atoms. The molecule has 2 fully saturated rings. The maximum atomic E-state index is 12.3. The number of carbonyl (C=O) groups is 2. The quantitative estimate of drug-likeness (QED) is 0.893. The minimum absolute atomic E-state index is 0.224. The molecule has 5 nitrogen and oxygen atoms in total. The first-order valence-corrected chi connectivity index (χ1v) is 9.24. The van der Waals surface area contributed by atoms with Crippen molar-refractivity contribution in [1.29, 1.82) is 0 Å². The van der Waals surface area contributed by atoms with Gasteiger partial charge in [0, 0.05) is 19.5 Å². The van der Waals surface area contributed by atoms with E-state index in [0.29, 0.717) is 24.4 Å². The highest BCUT2D eigenvalue weighted by molar-refractivity contribution is 5.68. The summed E-state index contributed by atoms with van der Waals surface area (Å²) in [7, 11) is 0. The minimum atomic E-state index is -0.683. The van der Waals surface area contributed by atoms with E-state index in [4.69, 9.17) is 9.84 Å². The van der Waals surface area contributed by atoms with Gasteiger partial charge in [0.25, 0.3) is 0 Å². The zero-order valence-electron chi connectivity index (χ0n) is 14.7. The van der Waals surface area contributed by atoms with Gasteiger partial charge in [0.2, 0.25) is 0 Å². The Morgan fingerprint density at radius 1 is 1.08 bits per heavy atom. The molecule has 1 heterocycles. The Hall–Kier alpha value is -2.04. The fraction of sp³-hybridized carbons (Fsp3) is 0.600. The normalized spacial score (nSPS) is 20.4. The van der Waals surface area contributed by atoms with E-state index in [1.54, 1.807) is 0 Å². The van der Waals surface area contributed by atoms with Gasteiger partial charge in [-0.3, -0.25) is 4.79 Å². The van der Waals surface area contributed by atoms with Gasteiger partial charge in [0.1, 0.15) is 6.61 Å². The number of benzene rings is 1. The number of aliphatic carboxylic acids is 1. The number of ether oxygens (including phenoxy) is 1. The highest BCUT2D eigenvalue weighted by Gasteiger charge is 2.39. The van der Waals surface area contributed by atoms with Gasteiger partial charge in [0.15, 0.2) is 0 Å². The lowest BCUT2D eigenvalue weighted by Gasteiger charge is -2.45. The van der Waals surface area contributed by atoms with Gasteiger partial charge >= 0.3 is 12.1 Å². The summed E-state index contributed by atoms with van der Waals surface area (Å²) in [6.45, 7) is 1.81. The Morgan fingerprint density at radius 2 is 1.72 bits per heavy atom. The van der Waals surface area contributed by atoms with Crippen LogP contribution in [0.3, 0.4) is 0 Å². The van der Waals surface area contributed by atoms with E-state index < -0.39 is 5.97 Å². The Bertz CT molecular complexity index is 583. The molecule has 0 radical (unpaired) electrons. The lowest BCUT2D eigenvalue weighted by atomic mass is 9.65. The van der Waals surface area contributed by atoms with Gasteiger partial charge in [-0.1, -0.05) is 30.3 Å². The first kappa shape index (κ1) is 17.8. The van der Waals surface area contributed by atoms with Crippen LogP contribution in [-0.4, -0.2) is 35.2 Å². The molecule has 1 aromatic carbocycles. The molecule has 1 spiro atoms. The molecule has 0 unspecified atom stereocenters. The average Bonchev–Trinajstić information content (AvgIpc) is 2.63. The molecule has 0 aromatic heterocycles. The summed E-state index contributed by atoms with van der Waals surface area (Å²) in [5.74, 6) is -0.353. The number of carboxylic acids is 1. The third-order valence-electron chi connectivity index (χ3n) is 5.92. The second-order valence-electron chi connectivity index (χ2n) is 7.57. The molecule has 25 heavy (non-hydrogen) atoms. The summed E-state index contributed by atoms with van der Waals surface area (Å²) in [4.78, 5) is 24.9. The van der Waals surface area contributed by atoms with Crippen molar-refractivity contribution in [3.8, 4) is 0 Å². The van der Waals surface area contributed by atoms with E-state index in [1.807, 2.05) is 35.2 Å². The predicted molar refractivity (Wildman–Crippen MR) is 94.1 cm³/mol. The van der Waals surface area contributed by atoms with Crippen LogP contribution in [-0.2, 0) is 16.1 Å². The number of hydrogen-bond acceptors (Lipinski definition) is 3. The van der Waals surface area contributed by atoms with E-state index in [9.17, 15) is 9.59 Å². The molecule has 1 saturated heterocycles. The molecule has 1 amide bonds. The fourth-order valence-corrected chi connectivity index (χ4v) is 4.22. The molecular weight excluding hydrogens is 318 g/mol. The predicted octanol–water partition coefficient (Wildman–Crippen LogP) is 4.07. The molecule has 1 aromatic rings. The van der Waals surface area contributed by atoms with Crippen molar-refractivity contribution in [2.45, 2.75) is 51.6 Å². The first-order valence-electron chi connectivity index (χ1n) is 9.24. The summed E-state index contributed by atoms with van der Waals surface area (Å²) in [5.41, 5.74) is 1.31. The molecule has 2 aliphatic rings. The van der Waals surface area contributed by atoms with Crippen molar-refractivity contribution in [2.75, 3.05) is 13.1 Å². The molecular formula is C20H27NO4. The highest BCUT2D eigenvalue weighted by atomic mass is 16.6. The van der Waals surface area contributed by atoms with E-state index in [0.717, 1.165) is 57.2 Å². The van der Waals surface area contributed by atoms with Gasteiger partial charge in [-0.25, -0.2) is 4.79 Å². The second-order valence-corrected chi connectivity index (χ2v) is 7.57. The molecule has 1 aliphatic carbocycles. The van der Waals surface area contributed by atoms with Crippen LogP contribution in [0.25, 0.3) is 0 Å². The Morgan fingerprint density at radius 3 is 2.32 bits per heavy atom. The molecule has 3 rings (SSSR count). The third-order valence-corrected chi connectivity index (χ3v) is 5.92. The smallest absolute Gasteiger partial charge is 0.410 e. The summed E-state index contributed by atoms with van der Waals surface area (Å²) in [6, 6.07) is 9.73. The number of amides is 1. The first-order chi connectivity index (χ1) is 12.1. The van der Waals surface area contributed by atoms with Crippen molar-refractivity contribution >= 4 is 12.1 Å². The topological polar surface area (TPSA) is 66.8 Å². The largest absolute Gasteiger partial charge is 0.481 e. The van der Waals surface area contributed by atoms with Crippen LogP contribution in [0.15, 0.2) is 30.3 Å². The van der Waals surface area contributed by atoms with Crippen molar-refractivity contribution in [2.24, 2.45) is 11.3 Å². The van der Waals surface area contributed by atoms with Crippen LogP contribution < -0.4 is 0 Å². The summed E-state index contributed by atoms with van der Waals surface area (Å²) in [6.07, 6.45) is 6.29. The van der Waals surface area contributed by atoms with E-state index in [2.05, 4.69) is 0 Å². The summed E-state index contributed by atoms with van der Waals surface area (Å²) >= 11 is 0. The zero-order chi connectivity index (χ0) is 17.7. The van der Waals surface area contributed by atoms with Gasteiger partial charge < -0.3 is 14.7 Å². The SMILES string of the molecule is O=C(O)CC1CCC2(CC1)CCN(C(=O)OCc1ccccc1)CC2. The van der Waals surface area contributed by atoms with Crippen LogP contribution in [0.5, 0.6) is 0 Å². The maximum absolute atomic E-state index is 12.3. The van der Waals surface area contributed by atoms with Crippen LogP contribution >= 0.6 is 0 Å². The number of nitrogens with zero attached hydrogens (tertiary/aromatic N) is 1. The van der Waals surface area contributed by atoms with Gasteiger partial charge in [-0.15, -0.1) is 0 Å². The Labute approximate surface area is 149 Å². The van der Waals surface area contributed by atoms with E-state index >= 15 is 0 Å². The maximum Gasteiger partial charge on any atom is 0.410 e. The molecule has 1 saturated carbocycles. The third kappa shape index (κ3) is 4.74. The number of hydrogen-bond donors (Lipinski definition) is 1. The highest BCUT2D eigenvalue weighted by Crippen LogP contribution is 2.47. The van der Waals surface area contributed by atoms with Crippen LogP contribution in [0.2, 0.25) is 0 Å². The van der Waals surface area contributed by atoms with Gasteiger partial charge in [-0.05, 0) is 55.4 Å². The molecule has 1 aliphatic heterocycles. The van der Waals surface area contributed by atoms with Crippen LogP contribution in [0.4, 0.5) is 4.79 Å². The number of likely N-dealkylation sites (tertiary alicyclic amines) is 1. The van der Waals surface area contributed by atoms with Crippen LogP contribution in [0, 0.1) is 11.3 Å². The average molecular weight is 345 g/mol. The Kier molecular flexibility index (Phi) is 5.61. The summed E-state index contributed by atoms with van der Waals surface area (Å²) in [5, 5.41) is 8.94. The second kappa shape index (κ2) is 7.89. The fourth-order valence-electron chi connectivity index (χ4n) is 4.22. The van der Waals surface area contributed by atoms with E-state index in [1.165, 1.54) is 0 Å². The molecule has 136 valence electrons. The molecule has 5 heteroatoms. The van der Waals surface area contributed by atoms with E-state index in [-0.39, 0.29) is 6.09 Å². The van der Waals surface area contributed by atoms with Crippen molar-refractivity contribution < 1.29 is 19.4 Å². The van der Waals surface area contributed by atoms with Crippen molar-refractivity contribution in [3.05, 3.63) is 35.9 Å². The zero-order valence-corrected chi connectivity index (χ0v) is 14.7. The lowest BCUT2D eigenvalue weighted by molar-refractivity contribution is -0.138. The monoisotopic (exact) mass is 345 g/mol. The Balaban J connectivity index is 1.42. The van der Waals surface area contributed by atoms with Crippen LogP contribution in [0.1, 0.15) is 50.5 Å². The number of rotatable bonds is 4. The number of piperidine rings is 1. The molecule has 1 N–H and O–H groups in total. The van der Waals surface area contributed by atoms with Gasteiger partial charge in [-0.2, -0.15) is 0 Å². The number of carboxylic acid groups (broad SMARTS) is 1.